The van der Waals surface area contributed by atoms with Crippen LogP contribution in [0.5, 0.6) is 11.5 Å². The minimum atomic E-state index is 0.273. The van der Waals surface area contributed by atoms with E-state index in [1.807, 2.05) is 66.7 Å². The number of phenols is 1. The molecule has 0 heterocycles. The fourth-order valence-electron chi connectivity index (χ4n) is 2.16. The standard InChI is InChI=1S/C19H16O2/c20-18-11-9-16(10-12-18)17-7-4-8-19(13-17)21-14-15-5-2-1-3-6-15/h1-13,20H,14H2. The van der Waals surface area contributed by atoms with E-state index in [0.29, 0.717) is 6.61 Å². The molecule has 1 N–H and O–H groups in total. The monoisotopic (exact) mass is 276 g/mol. The SMILES string of the molecule is Oc1ccc(-c2cccc(OCc3ccccc3)c2)cc1. The maximum Gasteiger partial charge on any atom is 0.120 e. The van der Waals surface area contributed by atoms with E-state index in [-0.39, 0.29) is 5.75 Å². The van der Waals surface area contributed by atoms with E-state index >= 15 is 0 Å². The molecule has 104 valence electrons. The zero-order valence-electron chi connectivity index (χ0n) is 11.6. The van der Waals surface area contributed by atoms with Gasteiger partial charge in [-0.1, -0.05) is 54.6 Å². The molecule has 0 atom stereocenters. The van der Waals surface area contributed by atoms with Crippen molar-refractivity contribution in [3.05, 3.63) is 84.4 Å². The van der Waals surface area contributed by atoms with Crippen molar-refractivity contribution in [3.63, 3.8) is 0 Å². The maximum atomic E-state index is 9.34. The Labute approximate surface area is 124 Å². The quantitative estimate of drug-likeness (QED) is 0.752. The molecule has 0 amide bonds. The van der Waals surface area contributed by atoms with Crippen LogP contribution < -0.4 is 4.74 Å². The van der Waals surface area contributed by atoms with Gasteiger partial charge in [-0.05, 0) is 41.0 Å². The van der Waals surface area contributed by atoms with E-state index in [2.05, 4.69) is 0 Å². The van der Waals surface area contributed by atoms with Gasteiger partial charge in [0.15, 0.2) is 0 Å². The molecule has 2 nitrogen and oxygen atoms in total. The first-order valence-corrected chi connectivity index (χ1v) is 6.87. The first kappa shape index (κ1) is 13.3. The molecule has 0 fully saturated rings. The van der Waals surface area contributed by atoms with Crippen molar-refractivity contribution in [1.82, 2.24) is 0 Å². The van der Waals surface area contributed by atoms with Crippen LogP contribution in [0.15, 0.2) is 78.9 Å². The van der Waals surface area contributed by atoms with Crippen molar-refractivity contribution in [2.45, 2.75) is 6.61 Å². The van der Waals surface area contributed by atoms with Crippen molar-refractivity contribution in [2.75, 3.05) is 0 Å². The van der Waals surface area contributed by atoms with Crippen LogP contribution in [0, 0.1) is 0 Å². The summed E-state index contributed by atoms with van der Waals surface area (Å²) < 4.78 is 5.83. The average Bonchev–Trinajstić information content (AvgIpc) is 2.55. The first-order chi connectivity index (χ1) is 10.3. The van der Waals surface area contributed by atoms with Crippen molar-refractivity contribution in [3.8, 4) is 22.6 Å². The van der Waals surface area contributed by atoms with Crippen molar-refractivity contribution in [2.24, 2.45) is 0 Å². The molecule has 2 heteroatoms. The summed E-state index contributed by atoms with van der Waals surface area (Å²) in [7, 11) is 0. The molecule has 3 aromatic carbocycles. The normalized spacial score (nSPS) is 10.3. The number of rotatable bonds is 4. The second-order valence-corrected chi connectivity index (χ2v) is 4.85. The van der Waals surface area contributed by atoms with E-state index in [4.69, 9.17) is 4.74 Å². The third-order valence-corrected chi connectivity index (χ3v) is 3.28. The van der Waals surface area contributed by atoms with Gasteiger partial charge in [-0.2, -0.15) is 0 Å². The molecule has 21 heavy (non-hydrogen) atoms. The Morgan fingerprint density at radius 1 is 0.714 bits per heavy atom. The summed E-state index contributed by atoms with van der Waals surface area (Å²) in [4.78, 5) is 0. The molecule has 3 rings (SSSR count). The third kappa shape index (κ3) is 3.42. The Morgan fingerprint density at radius 3 is 2.24 bits per heavy atom. The van der Waals surface area contributed by atoms with Gasteiger partial charge in [0.2, 0.25) is 0 Å². The zero-order valence-corrected chi connectivity index (χ0v) is 11.6. The van der Waals surface area contributed by atoms with Gasteiger partial charge in [-0.25, -0.2) is 0 Å². The van der Waals surface area contributed by atoms with Crippen molar-refractivity contribution < 1.29 is 9.84 Å². The van der Waals surface area contributed by atoms with Crippen LogP contribution in [0.25, 0.3) is 11.1 Å². The number of hydrogen-bond donors (Lipinski definition) is 1. The highest BCUT2D eigenvalue weighted by Crippen LogP contribution is 2.25. The smallest absolute Gasteiger partial charge is 0.120 e. The van der Waals surface area contributed by atoms with E-state index in [1.54, 1.807) is 12.1 Å². The Hall–Kier alpha value is -2.74. The molecule has 0 aliphatic rings. The van der Waals surface area contributed by atoms with Gasteiger partial charge in [0.1, 0.15) is 18.1 Å². The highest BCUT2D eigenvalue weighted by atomic mass is 16.5. The molecule has 0 aliphatic carbocycles. The lowest BCUT2D eigenvalue weighted by Crippen LogP contribution is -1.94. The van der Waals surface area contributed by atoms with Crippen molar-refractivity contribution in [1.29, 1.82) is 0 Å². The molecule has 0 unspecified atom stereocenters. The number of hydrogen-bond acceptors (Lipinski definition) is 2. The summed E-state index contributed by atoms with van der Waals surface area (Å²) in [5.74, 6) is 1.11. The van der Waals surface area contributed by atoms with Crippen LogP contribution in [-0.4, -0.2) is 5.11 Å². The summed E-state index contributed by atoms with van der Waals surface area (Å²) >= 11 is 0. The lowest BCUT2D eigenvalue weighted by Gasteiger charge is -2.08. The molecule has 0 saturated heterocycles. The summed E-state index contributed by atoms with van der Waals surface area (Å²) in [5.41, 5.74) is 3.27. The average molecular weight is 276 g/mol. The second kappa shape index (κ2) is 6.14. The number of phenolic OH excluding ortho intramolecular Hbond substituents is 1. The minimum Gasteiger partial charge on any atom is -0.508 e. The molecule has 3 aromatic rings. The van der Waals surface area contributed by atoms with E-state index in [1.165, 1.54) is 0 Å². The maximum absolute atomic E-state index is 9.34. The molecule has 0 radical (unpaired) electrons. The van der Waals surface area contributed by atoms with Crippen LogP contribution in [0.2, 0.25) is 0 Å². The van der Waals surface area contributed by atoms with Gasteiger partial charge >= 0.3 is 0 Å². The summed E-state index contributed by atoms with van der Waals surface area (Å²) in [6.45, 7) is 0.555. The lowest BCUT2D eigenvalue weighted by molar-refractivity contribution is 0.306. The summed E-state index contributed by atoms with van der Waals surface area (Å²) in [5, 5.41) is 9.34. The molecule has 0 bridgehead atoms. The Balaban J connectivity index is 1.75. The molecular weight excluding hydrogens is 260 g/mol. The predicted molar refractivity (Wildman–Crippen MR) is 84.3 cm³/mol. The zero-order chi connectivity index (χ0) is 14.5. The van der Waals surface area contributed by atoms with Gasteiger partial charge in [-0.3, -0.25) is 0 Å². The van der Waals surface area contributed by atoms with E-state index in [9.17, 15) is 5.11 Å². The van der Waals surface area contributed by atoms with Crippen molar-refractivity contribution >= 4 is 0 Å². The molecule has 0 aliphatic heterocycles. The number of ether oxygens (including phenoxy) is 1. The second-order valence-electron chi connectivity index (χ2n) is 4.85. The minimum absolute atomic E-state index is 0.273. The van der Waals surface area contributed by atoms with Gasteiger partial charge < -0.3 is 9.84 Å². The molecule has 0 aromatic heterocycles. The highest BCUT2D eigenvalue weighted by molar-refractivity contribution is 5.65. The first-order valence-electron chi connectivity index (χ1n) is 6.87. The van der Waals surface area contributed by atoms with Crippen LogP contribution in [0.4, 0.5) is 0 Å². The summed E-state index contributed by atoms with van der Waals surface area (Å²) in [6.07, 6.45) is 0. The summed E-state index contributed by atoms with van der Waals surface area (Å²) in [6, 6.07) is 25.2. The van der Waals surface area contributed by atoms with Crippen LogP contribution >= 0.6 is 0 Å². The molecule has 0 saturated carbocycles. The number of benzene rings is 3. The van der Waals surface area contributed by atoms with E-state index in [0.717, 1.165) is 22.4 Å². The third-order valence-electron chi connectivity index (χ3n) is 3.28. The Morgan fingerprint density at radius 2 is 1.48 bits per heavy atom. The fourth-order valence-corrected chi connectivity index (χ4v) is 2.16. The Bertz CT molecular complexity index is 703. The molecule has 0 spiro atoms. The van der Waals surface area contributed by atoms with E-state index < -0.39 is 0 Å². The van der Waals surface area contributed by atoms with Gasteiger partial charge in [0.25, 0.3) is 0 Å². The van der Waals surface area contributed by atoms with Gasteiger partial charge in [-0.15, -0.1) is 0 Å². The largest absolute Gasteiger partial charge is 0.508 e. The van der Waals surface area contributed by atoms with Crippen LogP contribution in [0.1, 0.15) is 5.56 Å². The highest BCUT2D eigenvalue weighted by Gasteiger charge is 2.01. The van der Waals surface area contributed by atoms with Crippen LogP contribution in [0.3, 0.4) is 0 Å². The Kier molecular flexibility index (Phi) is 3.88. The van der Waals surface area contributed by atoms with Crippen LogP contribution in [-0.2, 0) is 6.61 Å². The lowest BCUT2D eigenvalue weighted by atomic mass is 10.1. The molecular formula is C19H16O2. The number of aromatic hydroxyl groups is 1. The van der Waals surface area contributed by atoms with Gasteiger partial charge in [0, 0.05) is 0 Å². The fraction of sp³-hybridized carbons (Fsp3) is 0.0526. The predicted octanol–water partition coefficient (Wildman–Crippen LogP) is 4.64. The topological polar surface area (TPSA) is 29.5 Å². The van der Waals surface area contributed by atoms with Gasteiger partial charge in [0.05, 0.1) is 0 Å².